The highest BCUT2D eigenvalue weighted by molar-refractivity contribution is 5.12. The third-order valence-electron chi connectivity index (χ3n) is 1.94. The van der Waals surface area contributed by atoms with E-state index < -0.39 is 0 Å². The zero-order valence-corrected chi connectivity index (χ0v) is 7.75. The van der Waals surface area contributed by atoms with Crippen molar-refractivity contribution in [3.8, 4) is 0 Å². The highest BCUT2D eigenvalue weighted by atomic mass is 14.6. The Kier molecular flexibility index (Phi) is 2.64. The average Bonchev–Trinajstić information content (AvgIpc) is 2.06. The molecule has 0 amide bonds. The zero-order chi connectivity index (χ0) is 9.03. The molecule has 0 atom stereocenters. The molecule has 0 spiro atoms. The molecule has 1 heterocycles. The minimum Gasteiger partial charge on any atom is -0.264 e. The van der Waals surface area contributed by atoms with Crippen molar-refractivity contribution in [2.75, 3.05) is 0 Å². The molecule has 1 nitrogen and oxygen atoms in total. The van der Waals surface area contributed by atoms with Crippen LogP contribution in [0.5, 0.6) is 0 Å². The van der Waals surface area contributed by atoms with Crippen molar-refractivity contribution < 1.29 is 0 Å². The van der Waals surface area contributed by atoms with E-state index in [9.17, 15) is 0 Å². The number of hydrogen-bond donors (Lipinski definition) is 0. The van der Waals surface area contributed by atoms with Crippen LogP contribution in [0.25, 0.3) is 0 Å². The van der Waals surface area contributed by atoms with Gasteiger partial charge < -0.3 is 0 Å². The Balaban J connectivity index is 2.70. The van der Waals surface area contributed by atoms with Crippen LogP contribution >= 0.6 is 0 Å². The van der Waals surface area contributed by atoms with Crippen molar-refractivity contribution >= 4 is 0 Å². The Bertz CT molecular complexity index is 249. The summed E-state index contributed by atoms with van der Waals surface area (Å²) in [4.78, 5) is 4.07. The summed E-state index contributed by atoms with van der Waals surface area (Å²) in [6, 6.07) is 4.06. The Morgan fingerprint density at radius 1 is 1.58 bits per heavy atom. The molecule has 1 rings (SSSR count). The summed E-state index contributed by atoms with van der Waals surface area (Å²) in [6.45, 7) is 8.16. The largest absolute Gasteiger partial charge is 0.264 e. The number of nitrogens with zero attached hydrogens (tertiary/aromatic N) is 1. The second kappa shape index (κ2) is 3.53. The van der Waals surface area contributed by atoms with Crippen molar-refractivity contribution in [2.24, 2.45) is 5.41 Å². The second-order valence-corrected chi connectivity index (χ2v) is 3.73. The molecule has 0 N–H and O–H groups in total. The maximum atomic E-state index is 4.07. The van der Waals surface area contributed by atoms with Crippen molar-refractivity contribution in [1.29, 1.82) is 0 Å². The first-order valence-corrected chi connectivity index (χ1v) is 4.16. The smallest absolute Gasteiger partial charge is 0.0300 e. The van der Waals surface area contributed by atoms with E-state index in [1.165, 1.54) is 5.56 Å². The highest BCUT2D eigenvalue weighted by Crippen LogP contribution is 2.21. The van der Waals surface area contributed by atoms with Crippen LogP contribution in [-0.2, 0) is 6.42 Å². The zero-order valence-electron chi connectivity index (χ0n) is 7.75. The number of aromatic nitrogens is 1. The van der Waals surface area contributed by atoms with Gasteiger partial charge in [0.25, 0.3) is 0 Å². The minimum atomic E-state index is 0.170. The Morgan fingerprint density at radius 2 is 2.33 bits per heavy atom. The second-order valence-electron chi connectivity index (χ2n) is 3.73. The Morgan fingerprint density at radius 3 is 2.83 bits per heavy atom. The third kappa shape index (κ3) is 2.50. The summed E-state index contributed by atoms with van der Waals surface area (Å²) >= 11 is 0. The van der Waals surface area contributed by atoms with Gasteiger partial charge in [-0.3, -0.25) is 4.98 Å². The van der Waals surface area contributed by atoms with Crippen molar-refractivity contribution in [2.45, 2.75) is 20.3 Å². The van der Waals surface area contributed by atoms with Crippen molar-refractivity contribution in [1.82, 2.24) is 4.98 Å². The monoisotopic (exact) mass is 161 g/mol. The SMILES string of the molecule is C=CC(C)(C)Cc1cccnc1. The van der Waals surface area contributed by atoms with E-state index in [1.54, 1.807) is 6.20 Å². The summed E-state index contributed by atoms with van der Waals surface area (Å²) in [5.74, 6) is 0. The summed E-state index contributed by atoms with van der Waals surface area (Å²) in [7, 11) is 0. The number of allylic oxidation sites excluding steroid dienone is 1. The molecule has 0 bridgehead atoms. The van der Waals surface area contributed by atoms with Gasteiger partial charge in [0.2, 0.25) is 0 Å². The van der Waals surface area contributed by atoms with Crippen LogP contribution in [0, 0.1) is 5.41 Å². The number of hydrogen-bond acceptors (Lipinski definition) is 1. The van der Waals surface area contributed by atoms with Gasteiger partial charge in [0.05, 0.1) is 0 Å². The molecule has 1 aromatic heterocycles. The summed E-state index contributed by atoms with van der Waals surface area (Å²) in [5.41, 5.74) is 1.44. The normalized spacial score (nSPS) is 11.2. The van der Waals surface area contributed by atoms with E-state index in [4.69, 9.17) is 0 Å². The molecule has 1 aromatic rings. The van der Waals surface area contributed by atoms with Gasteiger partial charge >= 0.3 is 0 Å². The van der Waals surface area contributed by atoms with Crippen LogP contribution in [-0.4, -0.2) is 4.98 Å². The molecule has 0 saturated heterocycles. The lowest BCUT2D eigenvalue weighted by Crippen LogP contribution is -2.10. The predicted octanol–water partition coefficient (Wildman–Crippen LogP) is 2.84. The molecule has 0 radical (unpaired) electrons. The fourth-order valence-corrected chi connectivity index (χ4v) is 1.10. The highest BCUT2D eigenvalue weighted by Gasteiger charge is 2.12. The topological polar surface area (TPSA) is 12.9 Å². The van der Waals surface area contributed by atoms with E-state index in [0.717, 1.165) is 6.42 Å². The van der Waals surface area contributed by atoms with Gasteiger partial charge in [0, 0.05) is 12.4 Å². The summed E-state index contributed by atoms with van der Waals surface area (Å²) < 4.78 is 0. The van der Waals surface area contributed by atoms with Crippen LogP contribution in [0.3, 0.4) is 0 Å². The van der Waals surface area contributed by atoms with Crippen LogP contribution in [0.4, 0.5) is 0 Å². The van der Waals surface area contributed by atoms with Gasteiger partial charge in [0.1, 0.15) is 0 Å². The third-order valence-corrected chi connectivity index (χ3v) is 1.94. The standard InChI is InChI=1S/C11H15N/c1-4-11(2,3)8-10-6-5-7-12-9-10/h4-7,9H,1,8H2,2-3H3. The molecule has 12 heavy (non-hydrogen) atoms. The molecule has 1 heteroatoms. The first kappa shape index (κ1) is 8.98. The maximum Gasteiger partial charge on any atom is 0.0300 e. The fraction of sp³-hybridized carbons (Fsp3) is 0.364. The van der Waals surface area contributed by atoms with Crippen molar-refractivity contribution in [3.63, 3.8) is 0 Å². The van der Waals surface area contributed by atoms with Gasteiger partial charge in [0.15, 0.2) is 0 Å². The van der Waals surface area contributed by atoms with E-state index >= 15 is 0 Å². The lowest BCUT2D eigenvalue weighted by molar-refractivity contribution is 0.478. The summed E-state index contributed by atoms with van der Waals surface area (Å²) in [5, 5.41) is 0. The first-order valence-electron chi connectivity index (χ1n) is 4.16. The molecule has 0 aliphatic heterocycles. The molecular formula is C11H15N. The predicted molar refractivity (Wildman–Crippen MR) is 51.9 cm³/mol. The quantitative estimate of drug-likeness (QED) is 0.621. The van der Waals surface area contributed by atoms with E-state index in [1.807, 2.05) is 18.3 Å². The first-order chi connectivity index (χ1) is 5.64. The molecule has 0 aliphatic rings. The van der Waals surface area contributed by atoms with Gasteiger partial charge in [-0.2, -0.15) is 0 Å². The minimum absolute atomic E-state index is 0.170. The van der Waals surface area contributed by atoms with Crippen LogP contribution in [0.15, 0.2) is 37.2 Å². The Labute approximate surface area is 74.2 Å². The van der Waals surface area contributed by atoms with E-state index in [-0.39, 0.29) is 5.41 Å². The van der Waals surface area contributed by atoms with Crippen LogP contribution in [0.2, 0.25) is 0 Å². The summed E-state index contributed by atoms with van der Waals surface area (Å²) in [6.07, 6.45) is 6.69. The van der Waals surface area contributed by atoms with Gasteiger partial charge in [-0.1, -0.05) is 26.0 Å². The number of rotatable bonds is 3. The molecule has 64 valence electrons. The van der Waals surface area contributed by atoms with E-state index in [0.29, 0.717) is 0 Å². The van der Waals surface area contributed by atoms with Gasteiger partial charge in [-0.05, 0) is 23.5 Å². The average molecular weight is 161 g/mol. The fourth-order valence-electron chi connectivity index (χ4n) is 1.10. The lowest BCUT2D eigenvalue weighted by atomic mass is 9.87. The van der Waals surface area contributed by atoms with Crippen LogP contribution < -0.4 is 0 Å². The van der Waals surface area contributed by atoms with Gasteiger partial charge in [-0.25, -0.2) is 0 Å². The van der Waals surface area contributed by atoms with Crippen molar-refractivity contribution in [3.05, 3.63) is 42.7 Å². The van der Waals surface area contributed by atoms with Gasteiger partial charge in [-0.15, -0.1) is 6.58 Å². The molecule has 0 fully saturated rings. The Hall–Kier alpha value is -1.11. The molecular weight excluding hydrogens is 146 g/mol. The number of pyridine rings is 1. The van der Waals surface area contributed by atoms with E-state index in [2.05, 4.69) is 31.5 Å². The molecule has 0 saturated carbocycles. The molecule has 0 unspecified atom stereocenters. The van der Waals surface area contributed by atoms with Crippen LogP contribution in [0.1, 0.15) is 19.4 Å². The maximum absolute atomic E-state index is 4.07. The molecule has 0 aliphatic carbocycles. The molecule has 0 aromatic carbocycles. The lowest BCUT2D eigenvalue weighted by Gasteiger charge is -2.18.